The molecule has 0 saturated heterocycles. The number of nitrogens with zero attached hydrogens (tertiary/aromatic N) is 1. The molecule has 0 saturated carbocycles. The normalized spacial score (nSPS) is 14.7. The number of aryl methyl sites for hydroxylation is 2. The van der Waals surface area contributed by atoms with Gasteiger partial charge in [0.1, 0.15) is 5.82 Å². The summed E-state index contributed by atoms with van der Waals surface area (Å²) in [4.78, 5) is 19.1. The van der Waals surface area contributed by atoms with Crippen LogP contribution in [0.4, 0.5) is 0 Å². The van der Waals surface area contributed by atoms with Crippen LogP contribution in [0.5, 0.6) is 0 Å². The van der Waals surface area contributed by atoms with Gasteiger partial charge in [-0.3, -0.25) is 4.79 Å². The fourth-order valence-corrected chi connectivity index (χ4v) is 2.40. The van der Waals surface area contributed by atoms with Gasteiger partial charge in [0.2, 0.25) is 0 Å². The van der Waals surface area contributed by atoms with Crippen LogP contribution in [0.2, 0.25) is 0 Å². The fourth-order valence-electron chi connectivity index (χ4n) is 2.40. The summed E-state index contributed by atoms with van der Waals surface area (Å²) in [5.41, 5.74) is 1.35. The molecule has 1 rings (SSSR count). The second-order valence-corrected chi connectivity index (χ2v) is 5.40. The van der Waals surface area contributed by atoms with E-state index in [9.17, 15) is 4.79 Å². The number of aromatic amines is 1. The second kappa shape index (κ2) is 6.82. The highest BCUT2D eigenvalue weighted by atomic mass is 16.3. The summed E-state index contributed by atoms with van der Waals surface area (Å²) in [6, 6.07) is 0.0934. The van der Waals surface area contributed by atoms with Gasteiger partial charge >= 0.3 is 0 Å². The van der Waals surface area contributed by atoms with Crippen molar-refractivity contribution in [2.75, 3.05) is 6.61 Å². The average Bonchev–Trinajstić information content (AvgIpc) is 2.26. The third kappa shape index (κ3) is 4.14. The molecule has 2 unspecified atom stereocenters. The molecule has 1 aromatic rings. The summed E-state index contributed by atoms with van der Waals surface area (Å²) >= 11 is 0. The largest absolute Gasteiger partial charge is 0.396 e. The lowest BCUT2D eigenvalue weighted by Gasteiger charge is -2.26. The quantitative estimate of drug-likeness (QED) is 0.729. The van der Waals surface area contributed by atoms with Crippen molar-refractivity contribution < 1.29 is 5.11 Å². The molecule has 0 aromatic carbocycles. The molecule has 0 aliphatic rings. The van der Waals surface area contributed by atoms with Crippen LogP contribution in [0.3, 0.4) is 0 Å². The summed E-state index contributed by atoms with van der Waals surface area (Å²) in [5.74, 6) is 1.03. The van der Waals surface area contributed by atoms with E-state index in [-0.39, 0.29) is 24.2 Å². The first-order chi connectivity index (χ1) is 8.86. The number of aliphatic hydroxyl groups is 1. The maximum Gasteiger partial charge on any atom is 0.255 e. The molecule has 3 N–H and O–H groups in total. The van der Waals surface area contributed by atoms with Crippen LogP contribution in [0.1, 0.15) is 50.3 Å². The predicted octanol–water partition coefficient (Wildman–Crippen LogP) is 1.44. The van der Waals surface area contributed by atoms with Crippen LogP contribution in [0.15, 0.2) is 4.79 Å². The van der Waals surface area contributed by atoms with Gasteiger partial charge in [-0.2, -0.15) is 0 Å². The molecule has 5 nitrogen and oxygen atoms in total. The first-order valence-electron chi connectivity index (χ1n) is 6.81. The van der Waals surface area contributed by atoms with E-state index < -0.39 is 0 Å². The number of hydrogen-bond donors (Lipinski definition) is 3. The minimum atomic E-state index is -0.0872. The molecule has 0 aliphatic heterocycles. The van der Waals surface area contributed by atoms with Crippen molar-refractivity contribution in [3.05, 3.63) is 27.4 Å². The van der Waals surface area contributed by atoms with Gasteiger partial charge in [0.25, 0.3) is 5.56 Å². The Labute approximate surface area is 114 Å². The number of hydrogen-bond acceptors (Lipinski definition) is 4. The van der Waals surface area contributed by atoms with E-state index in [0.717, 1.165) is 5.69 Å². The zero-order chi connectivity index (χ0) is 14.6. The van der Waals surface area contributed by atoms with Gasteiger partial charge < -0.3 is 15.4 Å². The predicted molar refractivity (Wildman–Crippen MR) is 76.2 cm³/mol. The summed E-state index contributed by atoms with van der Waals surface area (Å²) in [7, 11) is 0. The second-order valence-electron chi connectivity index (χ2n) is 5.40. The SMILES string of the molecule is Cc1nc(C)c(C(C)NC(CCO)C(C)C)c(=O)[nH]1. The monoisotopic (exact) mass is 267 g/mol. The Kier molecular flexibility index (Phi) is 5.69. The Morgan fingerprint density at radius 3 is 2.42 bits per heavy atom. The highest BCUT2D eigenvalue weighted by molar-refractivity contribution is 5.20. The number of nitrogens with one attached hydrogen (secondary N) is 2. The Hall–Kier alpha value is -1.20. The lowest BCUT2D eigenvalue weighted by molar-refractivity contribution is 0.236. The first kappa shape index (κ1) is 15.9. The minimum Gasteiger partial charge on any atom is -0.396 e. The fraction of sp³-hybridized carbons (Fsp3) is 0.714. The third-order valence-corrected chi connectivity index (χ3v) is 3.41. The smallest absolute Gasteiger partial charge is 0.255 e. The van der Waals surface area contributed by atoms with E-state index in [1.165, 1.54) is 0 Å². The summed E-state index contributed by atoms with van der Waals surface area (Å²) in [6.07, 6.45) is 0.679. The summed E-state index contributed by atoms with van der Waals surface area (Å²) in [5, 5.41) is 12.5. The third-order valence-electron chi connectivity index (χ3n) is 3.41. The van der Waals surface area contributed by atoms with Crippen LogP contribution in [0.25, 0.3) is 0 Å². The van der Waals surface area contributed by atoms with Crippen molar-refractivity contribution in [1.29, 1.82) is 0 Å². The van der Waals surface area contributed by atoms with E-state index >= 15 is 0 Å². The van der Waals surface area contributed by atoms with Crippen LogP contribution in [-0.4, -0.2) is 27.7 Å². The topological polar surface area (TPSA) is 78.0 Å². The number of H-pyrrole nitrogens is 1. The van der Waals surface area contributed by atoms with Crippen LogP contribution >= 0.6 is 0 Å². The van der Waals surface area contributed by atoms with Crippen molar-refractivity contribution in [3.63, 3.8) is 0 Å². The maximum atomic E-state index is 12.0. The van der Waals surface area contributed by atoms with Crippen molar-refractivity contribution in [1.82, 2.24) is 15.3 Å². The van der Waals surface area contributed by atoms with Gasteiger partial charge in [0, 0.05) is 24.4 Å². The lowest BCUT2D eigenvalue weighted by Crippen LogP contribution is -2.39. The van der Waals surface area contributed by atoms with Gasteiger partial charge in [0.15, 0.2) is 0 Å². The van der Waals surface area contributed by atoms with Crippen molar-refractivity contribution in [2.45, 2.75) is 53.1 Å². The summed E-state index contributed by atoms with van der Waals surface area (Å²) in [6.45, 7) is 9.94. The zero-order valence-corrected chi connectivity index (χ0v) is 12.4. The van der Waals surface area contributed by atoms with Gasteiger partial charge in [-0.05, 0) is 33.1 Å². The summed E-state index contributed by atoms with van der Waals surface area (Å²) < 4.78 is 0. The molecule has 0 bridgehead atoms. The molecule has 0 spiro atoms. The molecule has 5 heteroatoms. The number of aromatic nitrogens is 2. The standard InChI is InChI=1S/C14H25N3O2/c1-8(2)12(6-7-18)16-10(4)13-9(3)15-11(5)17-14(13)19/h8,10,12,16,18H,6-7H2,1-5H3,(H,15,17,19). The van der Waals surface area contributed by atoms with Crippen LogP contribution < -0.4 is 10.9 Å². The Bertz CT molecular complexity index is 468. The molecule has 1 aromatic heterocycles. The molecule has 0 radical (unpaired) electrons. The highest BCUT2D eigenvalue weighted by Crippen LogP contribution is 2.15. The van der Waals surface area contributed by atoms with E-state index in [2.05, 4.69) is 29.1 Å². The Morgan fingerprint density at radius 2 is 1.95 bits per heavy atom. The molecule has 108 valence electrons. The molecular weight excluding hydrogens is 242 g/mol. The molecular formula is C14H25N3O2. The lowest BCUT2D eigenvalue weighted by atomic mass is 9.98. The first-order valence-corrected chi connectivity index (χ1v) is 6.81. The zero-order valence-electron chi connectivity index (χ0n) is 12.4. The van der Waals surface area contributed by atoms with E-state index in [1.54, 1.807) is 6.92 Å². The van der Waals surface area contributed by atoms with E-state index in [0.29, 0.717) is 23.7 Å². The molecule has 0 fully saturated rings. The molecule has 2 atom stereocenters. The van der Waals surface area contributed by atoms with E-state index in [1.807, 2.05) is 13.8 Å². The number of rotatable bonds is 6. The Balaban J connectivity index is 2.94. The van der Waals surface area contributed by atoms with Gasteiger partial charge in [-0.15, -0.1) is 0 Å². The van der Waals surface area contributed by atoms with Crippen LogP contribution in [0, 0.1) is 19.8 Å². The number of aliphatic hydroxyl groups excluding tert-OH is 1. The Morgan fingerprint density at radius 1 is 1.32 bits per heavy atom. The highest BCUT2D eigenvalue weighted by Gasteiger charge is 2.20. The minimum absolute atomic E-state index is 0.0866. The van der Waals surface area contributed by atoms with Gasteiger partial charge in [-0.25, -0.2) is 4.98 Å². The molecule has 0 amide bonds. The van der Waals surface area contributed by atoms with E-state index in [4.69, 9.17) is 5.11 Å². The van der Waals surface area contributed by atoms with Crippen LogP contribution in [-0.2, 0) is 0 Å². The average molecular weight is 267 g/mol. The molecule has 19 heavy (non-hydrogen) atoms. The molecule has 0 aliphatic carbocycles. The molecule has 1 heterocycles. The van der Waals surface area contributed by atoms with Crippen molar-refractivity contribution in [2.24, 2.45) is 5.92 Å². The van der Waals surface area contributed by atoms with Gasteiger partial charge in [-0.1, -0.05) is 13.8 Å². The van der Waals surface area contributed by atoms with Gasteiger partial charge in [0.05, 0.1) is 5.56 Å². The van der Waals surface area contributed by atoms with Crippen molar-refractivity contribution >= 4 is 0 Å². The maximum absolute atomic E-state index is 12.0. The van der Waals surface area contributed by atoms with Crippen molar-refractivity contribution in [3.8, 4) is 0 Å².